The fraction of sp³-hybridized carbons (Fsp3) is 0.571. The number of aryl methyl sites for hydroxylation is 1. The average molecular weight is 236 g/mol. The zero-order valence-electron chi connectivity index (χ0n) is 11.5. The van der Waals surface area contributed by atoms with Gasteiger partial charge < -0.3 is 10.8 Å². The van der Waals surface area contributed by atoms with Crippen LogP contribution in [0.25, 0.3) is 0 Å². The summed E-state index contributed by atoms with van der Waals surface area (Å²) >= 11 is 0. The molecule has 3 nitrogen and oxygen atoms in total. The Labute approximate surface area is 104 Å². The first kappa shape index (κ1) is 14.0. The predicted molar refractivity (Wildman–Crippen MR) is 72.6 cm³/mol. The van der Waals surface area contributed by atoms with Crippen molar-refractivity contribution in [3.63, 3.8) is 0 Å². The van der Waals surface area contributed by atoms with E-state index >= 15 is 0 Å². The molecule has 0 aliphatic heterocycles. The molecular weight excluding hydrogens is 212 g/mol. The molecular formula is C14H24N2O. The van der Waals surface area contributed by atoms with Crippen molar-refractivity contribution in [3.8, 4) is 0 Å². The highest BCUT2D eigenvalue weighted by atomic mass is 16.3. The molecule has 1 rings (SSSR count). The van der Waals surface area contributed by atoms with Gasteiger partial charge in [-0.25, -0.2) is 0 Å². The lowest BCUT2D eigenvalue weighted by Gasteiger charge is -2.27. The molecule has 0 aliphatic carbocycles. The third-order valence-electron chi connectivity index (χ3n) is 3.15. The lowest BCUT2D eigenvalue weighted by Crippen LogP contribution is -2.39. The fourth-order valence-corrected chi connectivity index (χ4v) is 1.61. The number of hydrogen-bond acceptors (Lipinski definition) is 3. The number of aliphatic hydroxyl groups excluding tert-OH is 1. The number of anilines is 1. The molecule has 0 spiro atoms. The van der Waals surface area contributed by atoms with Crippen LogP contribution in [0.4, 0.5) is 5.69 Å². The zero-order chi connectivity index (χ0) is 13.2. The highest BCUT2D eigenvalue weighted by Crippen LogP contribution is 2.21. The summed E-state index contributed by atoms with van der Waals surface area (Å²) < 4.78 is 0. The maximum absolute atomic E-state index is 9.92. The van der Waals surface area contributed by atoms with Gasteiger partial charge in [-0.05, 0) is 30.5 Å². The second-order valence-corrected chi connectivity index (χ2v) is 5.73. The Morgan fingerprint density at radius 3 is 2.41 bits per heavy atom. The topological polar surface area (TPSA) is 58.3 Å². The molecule has 1 atom stereocenters. The highest BCUT2D eigenvalue weighted by molar-refractivity contribution is 5.55. The molecule has 96 valence electrons. The lowest BCUT2D eigenvalue weighted by molar-refractivity contribution is 0.0317. The first-order chi connectivity index (χ1) is 7.73. The van der Waals surface area contributed by atoms with Gasteiger partial charge in [-0.2, -0.15) is 0 Å². The van der Waals surface area contributed by atoms with E-state index < -0.39 is 6.23 Å². The first-order valence-corrected chi connectivity index (χ1v) is 5.99. The van der Waals surface area contributed by atoms with Gasteiger partial charge in [-0.15, -0.1) is 0 Å². The number of nitrogen functional groups attached to an aromatic ring is 1. The number of rotatable bonds is 3. The summed E-state index contributed by atoms with van der Waals surface area (Å²) in [5.74, 6) is 0. The van der Waals surface area contributed by atoms with Gasteiger partial charge in [0.2, 0.25) is 0 Å². The van der Waals surface area contributed by atoms with Crippen LogP contribution in [0.5, 0.6) is 0 Å². The van der Waals surface area contributed by atoms with Crippen molar-refractivity contribution in [2.75, 3.05) is 5.73 Å². The van der Waals surface area contributed by atoms with E-state index in [0.29, 0.717) is 6.54 Å². The van der Waals surface area contributed by atoms with Crippen molar-refractivity contribution in [1.82, 2.24) is 5.32 Å². The van der Waals surface area contributed by atoms with Crippen LogP contribution >= 0.6 is 0 Å². The molecule has 1 aromatic rings. The fourth-order valence-electron chi connectivity index (χ4n) is 1.61. The normalized spacial score (nSPS) is 13.8. The van der Waals surface area contributed by atoms with Gasteiger partial charge in [0, 0.05) is 17.6 Å². The van der Waals surface area contributed by atoms with Crippen molar-refractivity contribution < 1.29 is 5.11 Å². The van der Waals surface area contributed by atoms with Crippen molar-refractivity contribution in [3.05, 3.63) is 28.8 Å². The number of benzene rings is 1. The minimum absolute atomic E-state index is 0.163. The van der Waals surface area contributed by atoms with E-state index in [2.05, 4.69) is 11.4 Å². The molecule has 0 heterocycles. The van der Waals surface area contributed by atoms with Gasteiger partial charge in [0.1, 0.15) is 6.23 Å². The van der Waals surface area contributed by atoms with Crippen molar-refractivity contribution >= 4 is 5.69 Å². The summed E-state index contributed by atoms with van der Waals surface area (Å²) in [6, 6.07) is 4.08. The Bertz CT molecular complexity index is 394. The molecule has 0 saturated heterocycles. The molecule has 0 radical (unpaired) electrons. The summed E-state index contributed by atoms with van der Waals surface area (Å²) in [7, 11) is 0. The predicted octanol–water partition coefficient (Wildman–Crippen LogP) is 2.34. The summed E-state index contributed by atoms with van der Waals surface area (Å²) in [5.41, 5.74) is 10.00. The van der Waals surface area contributed by atoms with Crippen molar-refractivity contribution in [2.45, 2.75) is 47.4 Å². The SMILES string of the molecule is Cc1ccc(CNC(O)C(C)(C)C)c(C)c1N. The maximum atomic E-state index is 9.92. The Balaban J connectivity index is 2.74. The van der Waals surface area contributed by atoms with Gasteiger partial charge in [0.05, 0.1) is 0 Å². The molecule has 4 N–H and O–H groups in total. The van der Waals surface area contributed by atoms with E-state index in [1.807, 2.05) is 40.7 Å². The smallest absolute Gasteiger partial charge is 0.110 e. The van der Waals surface area contributed by atoms with Crippen molar-refractivity contribution in [1.29, 1.82) is 0 Å². The molecule has 17 heavy (non-hydrogen) atoms. The van der Waals surface area contributed by atoms with E-state index in [1.54, 1.807) is 0 Å². The van der Waals surface area contributed by atoms with Crippen LogP contribution in [0.3, 0.4) is 0 Å². The Hall–Kier alpha value is -1.06. The summed E-state index contributed by atoms with van der Waals surface area (Å²) in [6.07, 6.45) is -0.524. The van der Waals surface area contributed by atoms with Crippen molar-refractivity contribution in [2.24, 2.45) is 5.41 Å². The highest BCUT2D eigenvalue weighted by Gasteiger charge is 2.21. The Morgan fingerprint density at radius 2 is 1.88 bits per heavy atom. The van der Waals surface area contributed by atoms with Crippen LogP contribution in [-0.4, -0.2) is 11.3 Å². The first-order valence-electron chi connectivity index (χ1n) is 5.99. The standard InChI is InChI=1S/C14H24N2O/c1-9-6-7-11(10(2)12(9)15)8-16-13(17)14(3,4)5/h6-7,13,16-17H,8,15H2,1-5H3. The lowest BCUT2D eigenvalue weighted by atomic mass is 9.94. The molecule has 1 unspecified atom stereocenters. The minimum atomic E-state index is -0.524. The summed E-state index contributed by atoms with van der Waals surface area (Å²) in [6.45, 7) is 10.7. The minimum Gasteiger partial charge on any atom is -0.398 e. The third kappa shape index (κ3) is 3.45. The molecule has 0 fully saturated rings. The molecule has 0 bridgehead atoms. The monoisotopic (exact) mass is 236 g/mol. The quantitative estimate of drug-likeness (QED) is 0.557. The van der Waals surface area contributed by atoms with Gasteiger partial charge in [-0.1, -0.05) is 32.9 Å². The second kappa shape index (κ2) is 5.07. The summed E-state index contributed by atoms with van der Waals surface area (Å²) in [4.78, 5) is 0. The molecule has 0 aromatic heterocycles. The molecule has 3 heteroatoms. The second-order valence-electron chi connectivity index (χ2n) is 5.73. The maximum Gasteiger partial charge on any atom is 0.110 e. The largest absolute Gasteiger partial charge is 0.398 e. The van der Waals surface area contributed by atoms with E-state index in [-0.39, 0.29) is 5.41 Å². The van der Waals surface area contributed by atoms with Gasteiger partial charge >= 0.3 is 0 Å². The van der Waals surface area contributed by atoms with Crippen LogP contribution < -0.4 is 11.1 Å². The Morgan fingerprint density at radius 1 is 1.29 bits per heavy atom. The van der Waals surface area contributed by atoms with E-state index in [1.165, 1.54) is 0 Å². The molecule has 0 amide bonds. The molecule has 0 aliphatic rings. The van der Waals surface area contributed by atoms with Crippen LogP contribution in [0.2, 0.25) is 0 Å². The number of nitrogens with one attached hydrogen (secondary N) is 1. The number of nitrogens with two attached hydrogens (primary N) is 1. The molecule has 1 aromatic carbocycles. The van der Waals surface area contributed by atoms with Gasteiger partial charge in [0.25, 0.3) is 0 Å². The van der Waals surface area contributed by atoms with Crippen LogP contribution in [-0.2, 0) is 6.54 Å². The van der Waals surface area contributed by atoms with Crippen LogP contribution in [0.15, 0.2) is 12.1 Å². The van der Waals surface area contributed by atoms with E-state index in [4.69, 9.17) is 5.73 Å². The summed E-state index contributed by atoms with van der Waals surface area (Å²) in [5, 5.41) is 13.0. The van der Waals surface area contributed by atoms with Crippen LogP contribution in [0, 0.1) is 19.3 Å². The van der Waals surface area contributed by atoms with Gasteiger partial charge in [0.15, 0.2) is 0 Å². The number of aliphatic hydroxyl groups is 1. The third-order valence-corrected chi connectivity index (χ3v) is 3.15. The molecule has 0 saturated carbocycles. The zero-order valence-corrected chi connectivity index (χ0v) is 11.5. The van der Waals surface area contributed by atoms with E-state index in [9.17, 15) is 5.11 Å². The van der Waals surface area contributed by atoms with Crippen LogP contribution in [0.1, 0.15) is 37.5 Å². The van der Waals surface area contributed by atoms with E-state index in [0.717, 1.165) is 22.4 Å². The Kier molecular flexibility index (Phi) is 4.17. The number of hydrogen-bond donors (Lipinski definition) is 3. The van der Waals surface area contributed by atoms with Gasteiger partial charge in [-0.3, -0.25) is 5.32 Å². The average Bonchev–Trinajstić information content (AvgIpc) is 2.23.